The van der Waals surface area contributed by atoms with E-state index in [0.717, 1.165) is 18.9 Å². The van der Waals surface area contributed by atoms with Crippen LogP contribution in [0.3, 0.4) is 0 Å². The van der Waals surface area contributed by atoms with Crippen molar-refractivity contribution >= 4 is 5.69 Å². The Balaban J connectivity index is 1.90. The molecule has 1 heterocycles. The Morgan fingerprint density at radius 3 is 2.65 bits per heavy atom. The zero-order chi connectivity index (χ0) is 12.3. The zero-order valence-corrected chi connectivity index (χ0v) is 10.7. The monoisotopic (exact) mass is 229 g/mol. The summed E-state index contributed by atoms with van der Waals surface area (Å²) in [4.78, 5) is 4.20. The van der Waals surface area contributed by atoms with Crippen LogP contribution < -0.4 is 5.32 Å². The minimum Gasteiger partial charge on any atom is -0.383 e. The Labute approximate surface area is 103 Å². The predicted molar refractivity (Wildman–Crippen MR) is 71.4 cm³/mol. The van der Waals surface area contributed by atoms with Crippen molar-refractivity contribution < 1.29 is 0 Å². The summed E-state index contributed by atoms with van der Waals surface area (Å²) in [6.07, 6.45) is 3.85. The summed E-state index contributed by atoms with van der Waals surface area (Å²) in [5.41, 5.74) is 3.85. The summed E-state index contributed by atoms with van der Waals surface area (Å²) >= 11 is 0. The number of aryl methyl sites for hydroxylation is 3. The molecule has 0 bridgehead atoms. The molecule has 2 aromatic rings. The van der Waals surface area contributed by atoms with Gasteiger partial charge in [0.15, 0.2) is 0 Å². The van der Waals surface area contributed by atoms with Gasteiger partial charge in [0.25, 0.3) is 0 Å². The fraction of sp³-hybridized carbons (Fsp3) is 0.357. The Bertz CT molecular complexity index is 500. The molecule has 0 radical (unpaired) electrons. The summed E-state index contributed by atoms with van der Waals surface area (Å²) in [6, 6.07) is 6.47. The number of imidazole rings is 1. The second-order valence-corrected chi connectivity index (χ2v) is 4.39. The highest BCUT2D eigenvalue weighted by molar-refractivity contribution is 5.47. The zero-order valence-electron chi connectivity index (χ0n) is 10.7. The van der Waals surface area contributed by atoms with E-state index in [2.05, 4.69) is 46.9 Å². The summed E-state index contributed by atoms with van der Waals surface area (Å²) in [7, 11) is 0. The molecule has 17 heavy (non-hydrogen) atoms. The van der Waals surface area contributed by atoms with Crippen LogP contribution in [0, 0.1) is 20.8 Å². The number of hydrogen-bond acceptors (Lipinski definition) is 2. The van der Waals surface area contributed by atoms with Crippen molar-refractivity contribution in [3.05, 3.63) is 47.5 Å². The molecule has 2 rings (SSSR count). The lowest BCUT2D eigenvalue weighted by Gasteiger charge is -2.10. The van der Waals surface area contributed by atoms with Crippen LogP contribution in [0.5, 0.6) is 0 Å². The number of aromatic nitrogens is 2. The van der Waals surface area contributed by atoms with E-state index in [1.807, 2.05) is 19.3 Å². The van der Waals surface area contributed by atoms with Crippen molar-refractivity contribution in [2.24, 2.45) is 0 Å². The molecule has 0 spiro atoms. The van der Waals surface area contributed by atoms with Gasteiger partial charge in [-0.15, -0.1) is 0 Å². The van der Waals surface area contributed by atoms with Gasteiger partial charge in [-0.3, -0.25) is 0 Å². The predicted octanol–water partition coefficient (Wildman–Crippen LogP) is 2.92. The number of hydrogen-bond donors (Lipinski definition) is 1. The number of anilines is 1. The van der Waals surface area contributed by atoms with Crippen LogP contribution in [0.15, 0.2) is 30.6 Å². The first kappa shape index (κ1) is 11.7. The topological polar surface area (TPSA) is 29.9 Å². The standard InChI is InChI=1S/C14H19N3/c1-11-4-5-14(10-12(11)2)16-7-9-17-8-6-15-13(17)3/h4-6,8,10,16H,7,9H2,1-3H3. The van der Waals surface area contributed by atoms with Crippen molar-refractivity contribution in [2.75, 3.05) is 11.9 Å². The largest absolute Gasteiger partial charge is 0.383 e. The van der Waals surface area contributed by atoms with Crippen LogP contribution in [-0.2, 0) is 6.54 Å². The first-order valence-corrected chi connectivity index (χ1v) is 5.95. The molecule has 1 N–H and O–H groups in total. The third-order valence-corrected chi connectivity index (χ3v) is 3.11. The van der Waals surface area contributed by atoms with Gasteiger partial charge in [-0.1, -0.05) is 6.07 Å². The molecule has 0 saturated heterocycles. The fourth-order valence-corrected chi connectivity index (χ4v) is 1.81. The van der Waals surface area contributed by atoms with E-state index in [1.54, 1.807) is 0 Å². The lowest BCUT2D eigenvalue weighted by atomic mass is 10.1. The van der Waals surface area contributed by atoms with Gasteiger partial charge in [0.05, 0.1) is 0 Å². The maximum absolute atomic E-state index is 4.20. The molecule has 3 nitrogen and oxygen atoms in total. The van der Waals surface area contributed by atoms with Crippen molar-refractivity contribution in [3.8, 4) is 0 Å². The molecule has 0 aliphatic carbocycles. The van der Waals surface area contributed by atoms with Crippen molar-refractivity contribution in [1.29, 1.82) is 0 Å². The minimum absolute atomic E-state index is 0.916. The highest BCUT2D eigenvalue weighted by Gasteiger charge is 1.98. The summed E-state index contributed by atoms with van der Waals surface area (Å²) < 4.78 is 2.15. The van der Waals surface area contributed by atoms with E-state index in [1.165, 1.54) is 16.8 Å². The third-order valence-electron chi connectivity index (χ3n) is 3.11. The number of benzene rings is 1. The van der Waals surface area contributed by atoms with Gasteiger partial charge < -0.3 is 9.88 Å². The average Bonchev–Trinajstić information content (AvgIpc) is 2.70. The average molecular weight is 229 g/mol. The van der Waals surface area contributed by atoms with E-state index in [4.69, 9.17) is 0 Å². The van der Waals surface area contributed by atoms with Gasteiger partial charge in [-0.05, 0) is 44.0 Å². The molecule has 0 fully saturated rings. The molecular formula is C14H19N3. The molecule has 3 heteroatoms. The molecule has 0 aliphatic rings. The third kappa shape index (κ3) is 2.87. The Hall–Kier alpha value is -1.77. The van der Waals surface area contributed by atoms with Crippen LogP contribution in [0.2, 0.25) is 0 Å². The molecule has 0 amide bonds. The van der Waals surface area contributed by atoms with Crippen LogP contribution in [0.1, 0.15) is 17.0 Å². The molecule has 90 valence electrons. The van der Waals surface area contributed by atoms with Gasteiger partial charge in [0.2, 0.25) is 0 Å². The smallest absolute Gasteiger partial charge is 0.105 e. The minimum atomic E-state index is 0.916. The van der Waals surface area contributed by atoms with Gasteiger partial charge in [-0.25, -0.2) is 4.98 Å². The Morgan fingerprint density at radius 1 is 1.18 bits per heavy atom. The van der Waals surface area contributed by atoms with Crippen molar-refractivity contribution in [3.63, 3.8) is 0 Å². The maximum Gasteiger partial charge on any atom is 0.105 e. The van der Waals surface area contributed by atoms with Crippen LogP contribution in [-0.4, -0.2) is 16.1 Å². The quantitative estimate of drug-likeness (QED) is 0.873. The van der Waals surface area contributed by atoms with Crippen LogP contribution in [0.4, 0.5) is 5.69 Å². The van der Waals surface area contributed by atoms with E-state index in [-0.39, 0.29) is 0 Å². The SMILES string of the molecule is Cc1ccc(NCCn2ccnc2C)cc1C. The molecule has 0 unspecified atom stereocenters. The Morgan fingerprint density at radius 2 is 2.00 bits per heavy atom. The fourth-order valence-electron chi connectivity index (χ4n) is 1.81. The van der Waals surface area contributed by atoms with Crippen molar-refractivity contribution in [1.82, 2.24) is 9.55 Å². The van der Waals surface area contributed by atoms with E-state index < -0.39 is 0 Å². The summed E-state index contributed by atoms with van der Waals surface area (Å²) in [5, 5.41) is 3.43. The molecule has 0 atom stereocenters. The van der Waals surface area contributed by atoms with Gasteiger partial charge in [0.1, 0.15) is 5.82 Å². The van der Waals surface area contributed by atoms with Gasteiger partial charge >= 0.3 is 0 Å². The molecule has 0 aliphatic heterocycles. The van der Waals surface area contributed by atoms with E-state index in [0.29, 0.717) is 0 Å². The molecule has 1 aromatic carbocycles. The first-order chi connectivity index (χ1) is 8.16. The molecule has 1 aromatic heterocycles. The number of nitrogens with zero attached hydrogens (tertiary/aromatic N) is 2. The second-order valence-electron chi connectivity index (χ2n) is 4.39. The summed E-state index contributed by atoms with van der Waals surface area (Å²) in [6.45, 7) is 8.16. The summed E-state index contributed by atoms with van der Waals surface area (Å²) in [5.74, 6) is 1.06. The second kappa shape index (κ2) is 5.04. The van der Waals surface area contributed by atoms with Gasteiger partial charge in [0, 0.05) is 31.2 Å². The van der Waals surface area contributed by atoms with Crippen LogP contribution in [0.25, 0.3) is 0 Å². The number of nitrogens with one attached hydrogen (secondary N) is 1. The molecular weight excluding hydrogens is 210 g/mol. The lowest BCUT2D eigenvalue weighted by molar-refractivity contribution is 0.701. The van der Waals surface area contributed by atoms with Gasteiger partial charge in [-0.2, -0.15) is 0 Å². The highest BCUT2D eigenvalue weighted by atomic mass is 15.1. The van der Waals surface area contributed by atoms with Crippen LogP contribution >= 0.6 is 0 Å². The molecule has 0 saturated carbocycles. The first-order valence-electron chi connectivity index (χ1n) is 5.95. The Kier molecular flexibility index (Phi) is 3.47. The normalized spacial score (nSPS) is 10.5. The lowest BCUT2D eigenvalue weighted by Crippen LogP contribution is -2.11. The maximum atomic E-state index is 4.20. The van der Waals surface area contributed by atoms with Crippen molar-refractivity contribution in [2.45, 2.75) is 27.3 Å². The van der Waals surface area contributed by atoms with E-state index >= 15 is 0 Å². The van der Waals surface area contributed by atoms with E-state index in [9.17, 15) is 0 Å². The highest BCUT2D eigenvalue weighted by Crippen LogP contribution is 2.13. The number of rotatable bonds is 4.